The first-order valence-electron chi connectivity index (χ1n) is 6.17. The second-order valence-corrected chi connectivity index (χ2v) is 5.69. The summed E-state index contributed by atoms with van der Waals surface area (Å²) < 4.78 is 38.2. The molecule has 0 radical (unpaired) electrons. The van der Waals surface area contributed by atoms with E-state index in [0.29, 0.717) is 5.56 Å². The second-order valence-electron chi connectivity index (χ2n) is 4.54. The van der Waals surface area contributed by atoms with Crippen molar-refractivity contribution in [3.63, 3.8) is 0 Å². The molecule has 0 heterocycles. The molecule has 1 unspecified atom stereocenters. The summed E-state index contributed by atoms with van der Waals surface area (Å²) in [5, 5.41) is -0.685. The normalized spacial score (nSPS) is 12.7. The number of hydrogen-bond acceptors (Lipinski definition) is 1. The lowest BCUT2D eigenvalue weighted by Gasteiger charge is -2.10. The summed E-state index contributed by atoms with van der Waals surface area (Å²) in [4.78, 5) is 4.30. The molecule has 0 aliphatic heterocycles. The van der Waals surface area contributed by atoms with Gasteiger partial charge in [-0.2, -0.15) is 13.2 Å². The highest BCUT2D eigenvalue weighted by atomic mass is 32.2. The van der Waals surface area contributed by atoms with E-state index in [0.717, 1.165) is 22.6 Å². The molecule has 0 N–H and O–H groups in total. The maximum atomic E-state index is 12.7. The molecular weight excluding hydrogens is 295 g/mol. The summed E-state index contributed by atoms with van der Waals surface area (Å²) in [6.45, 7) is 9.19. The van der Waals surface area contributed by atoms with E-state index in [-0.39, 0.29) is 0 Å². The standard InChI is InChI=1S/C16H12F3NS/c1-11-6-8-14(9-7-11)21-15(20-2)12-4-3-5-13(10-12)16(17,18)19/h3-10,15H,1H3. The van der Waals surface area contributed by atoms with Gasteiger partial charge < -0.3 is 0 Å². The summed E-state index contributed by atoms with van der Waals surface area (Å²) in [5.41, 5.74) is 0.737. The van der Waals surface area contributed by atoms with Crippen molar-refractivity contribution >= 4 is 11.8 Å². The molecule has 0 aliphatic carbocycles. The Morgan fingerprint density at radius 1 is 1.10 bits per heavy atom. The van der Waals surface area contributed by atoms with E-state index in [1.165, 1.54) is 17.8 Å². The highest BCUT2D eigenvalue weighted by Crippen LogP contribution is 2.38. The Balaban J connectivity index is 2.26. The van der Waals surface area contributed by atoms with Crippen LogP contribution in [-0.2, 0) is 6.18 Å². The monoisotopic (exact) mass is 307 g/mol. The van der Waals surface area contributed by atoms with Gasteiger partial charge in [0.25, 0.3) is 5.37 Å². The minimum Gasteiger partial charge on any atom is -0.296 e. The molecule has 2 rings (SSSR count). The van der Waals surface area contributed by atoms with Gasteiger partial charge in [0.05, 0.1) is 5.56 Å². The third-order valence-corrected chi connectivity index (χ3v) is 4.03. The highest BCUT2D eigenvalue weighted by Gasteiger charge is 2.31. The first-order chi connectivity index (χ1) is 9.90. The molecule has 1 atom stereocenters. The molecule has 1 nitrogen and oxygen atoms in total. The number of aryl methyl sites for hydroxylation is 1. The molecular formula is C16H12F3NS. The van der Waals surface area contributed by atoms with E-state index in [1.807, 2.05) is 31.2 Å². The SMILES string of the molecule is [C-]#[N+]C(Sc1ccc(C)cc1)c1cccc(C(F)(F)F)c1. The lowest BCUT2D eigenvalue weighted by molar-refractivity contribution is -0.137. The molecule has 5 heteroatoms. The molecule has 0 aromatic heterocycles. The Morgan fingerprint density at radius 2 is 1.76 bits per heavy atom. The van der Waals surface area contributed by atoms with Crippen molar-refractivity contribution in [2.24, 2.45) is 0 Å². The maximum Gasteiger partial charge on any atom is 0.416 e. The fourth-order valence-electron chi connectivity index (χ4n) is 1.78. The molecule has 0 aliphatic rings. The van der Waals surface area contributed by atoms with Crippen LogP contribution in [0.15, 0.2) is 53.4 Å². The van der Waals surface area contributed by atoms with E-state index in [2.05, 4.69) is 4.85 Å². The lowest BCUT2D eigenvalue weighted by Crippen LogP contribution is -2.05. The van der Waals surface area contributed by atoms with E-state index in [1.54, 1.807) is 6.07 Å². The number of alkyl halides is 3. The summed E-state index contributed by atoms with van der Waals surface area (Å²) in [5.74, 6) is 0. The van der Waals surface area contributed by atoms with Gasteiger partial charge >= 0.3 is 6.18 Å². The van der Waals surface area contributed by atoms with Crippen LogP contribution < -0.4 is 0 Å². The van der Waals surface area contributed by atoms with Crippen LogP contribution in [0.5, 0.6) is 0 Å². The minimum absolute atomic E-state index is 0.366. The molecule has 0 bridgehead atoms. The third kappa shape index (κ3) is 4.02. The fraction of sp³-hybridized carbons (Fsp3) is 0.188. The van der Waals surface area contributed by atoms with Gasteiger partial charge in [-0.3, -0.25) is 4.85 Å². The molecule has 0 spiro atoms. The summed E-state index contributed by atoms with van der Waals surface area (Å²) in [6.07, 6.45) is -4.39. The van der Waals surface area contributed by atoms with Crippen LogP contribution in [0.3, 0.4) is 0 Å². The van der Waals surface area contributed by atoms with Gasteiger partial charge in [-0.15, -0.1) is 0 Å². The number of halogens is 3. The average Bonchev–Trinajstić information content (AvgIpc) is 2.46. The molecule has 0 saturated heterocycles. The highest BCUT2D eigenvalue weighted by molar-refractivity contribution is 7.99. The van der Waals surface area contributed by atoms with E-state index in [4.69, 9.17) is 6.57 Å². The van der Waals surface area contributed by atoms with Gasteiger partial charge in [0.2, 0.25) is 0 Å². The third-order valence-electron chi connectivity index (χ3n) is 2.89. The molecule has 0 amide bonds. The van der Waals surface area contributed by atoms with Gasteiger partial charge in [-0.25, -0.2) is 6.57 Å². The van der Waals surface area contributed by atoms with Gasteiger partial charge in [-0.05, 0) is 43.0 Å². The van der Waals surface area contributed by atoms with Crippen molar-refractivity contribution in [1.82, 2.24) is 0 Å². The predicted molar refractivity (Wildman–Crippen MR) is 77.8 cm³/mol. The Bertz CT molecular complexity index is 656. The number of thioether (sulfide) groups is 1. The van der Waals surface area contributed by atoms with Gasteiger partial charge in [0, 0.05) is 10.5 Å². The van der Waals surface area contributed by atoms with Crippen LogP contribution in [0.25, 0.3) is 4.85 Å². The Hall–Kier alpha value is -1.93. The molecule has 108 valence electrons. The average molecular weight is 307 g/mol. The first-order valence-corrected chi connectivity index (χ1v) is 7.05. The first kappa shape index (κ1) is 15.5. The van der Waals surface area contributed by atoms with Crippen molar-refractivity contribution in [3.05, 3.63) is 76.6 Å². The van der Waals surface area contributed by atoms with Crippen molar-refractivity contribution in [2.45, 2.75) is 23.4 Å². The summed E-state index contributed by atoms with van der Waals surface area (Å²) >= 11 is 1.25. The van der Waals surface area contributed by atoms with E-state index >= 15 is 0 Å². The Morgan fingerprint density at radius 3 is 2.33 bits per heavy atom. The maximum absolute atomic E-state index is 12.7. The second kappa shape index (κ2) is 6.23. The number of hydrogen-bond donors (Lipinski definition) is 0. The van der Waals surface area contributed by atoms with E-state index in [9.17, 15) is 13.2 Å². The summed E-state index contributed by atoms with van der Waals surface area (Å²) in [6, 6.07) is 12.5. The molecule has 2 aromatic rings. The zero-order valence-electron chi connectivity index (χ0n) is 11.2. The summed E-state index contributed by atoms with van der Waals surface area (Å²) in [7, 11) is 0. The smallest absolute Gasteiger partial charge is 0.296 e. The van der Waals surface area contributed by atoms with Crippen LogP contribution >= 0.6 is 11.8 Å². The van der Waals surface area contributed by atoms with Gasteiger partial charge in [0.1, 0.15) is 0 Å². The van der Waals surface area contributed by atoms with Crippen molar-refractivity contribution < 1.29 is 13.2 Å². The number of benzene rings is 2. The Kier molecular flexibility index (Phi) is 4.59. The van der Waals surface area contributed by atoms with Crippen LogP contribution in [0.1, 0.15) is 22.1 Å². The quantitative estimate of drug-likeness (QED) is 0.518. The zero-order chi connectivity index (χ0) is 15.5. The van der Waals surface area contributed by atoms with Crippen LogP contribution in [0.4, 0.5) is 13.2 Å². The molecule has 2 aromatic carbocycles. The van der Waals surface area contributed by atoms with Gasteiger partial charge in [0.15, 0.2) is 0 Å². The van der Waals surface area contributed by atoms with Crippen LogP contribution in [0.2, 0.25) is 0 Å². The van der Waals surface area contributed by atoms with E-state index < -0.39 is 17.1 Å². The van der Waals surface area contributed by atoms with Crippen molar-refractivity contribution in [3.8, 4) is 0 Å². The fourth-order valence-corrected chi connectivity index (χ4v) is 2.67. The van der Waals surface area contributed by atoms with Gasteiger partial charge in [-0.1, -0.05) is 29.8 Å². The van der Waals surface area contributed by atoms with Crippen molar-refractivity contribution in [2.75, 3.05) is 0 Å². The van der Waals surface area contributed by atoms with Crippen LogP contribution in [-0.4, -0.2) is 0 Å². The largest absolute Gasteiger partial charge is 0.416 e. The number of nitrogens with zero attached hydrogens (tertiary/aromatic N) is 1. The zero-order valence-corrected chi connectivity index (χ0v) is 12.0. The van der Waals surface area contributed by atoms with Crippen LogP contribution in [0, 0.1) is 13.5 Å². The molecule has 21 heavy (non-hydrogen) atoms. The Labute approximate surface area is 125 Å². The minimum atomic E-state index is -4.39. The lowest BCUT2D eigenvalue weighted by atomic mass is 10.1. The molecule has 0 saturated carbocycles. The number of rotatable bonds is 3. The predicted octanol–water partition coefficient (Wildman–Crippen LogP) is 5.72. The van der Waals surface area contributed by atoms with Crippen molar-refractivity contribution in [1.29, 1.82) is 0 Å². The topological polar surface area (TPSA) is 4.36 Å². The molecule has 0 fully saturated rings.